The van der Waals surface area contributed by atoms with Gasteiger partial charge in [-0.3, -0.25) is 4.79 Å². The van der Waals surface area contributed by atoms with Crippen molar-refractivity contribution < 1.29 is 13.2 Å². The van der Waals surface area contributed by atoms with Crippen molar-refractivity contribution in [2.45, 2.75) is 32.7 Å². The standard InChI is InChI=1S/C16H25N3O3S/c1-2-10-23(21,22)18-11-13-5-7-15(8-6-13)19-9-3-4-14(12-19)16(17)20/h5-8,14,18H,2-4,9-12H2,1H3,(H2,17,20)/t14-/m0/s1. The van der Waals surface area contributed by atoms with Crippen LogP contribution >= 0.6 is 0 Å². The van der Waals surface area contributed by atoms with Crippen LogP contribution in [0.4, 0.5) is 5.69 Å². The SMILES string of the molecule is CCCS(=O)(=O)NCc1ccc(N2CCC[C@H](C(N)=O)C2)cc1. The van der Waals surface area contributed by atoms with E-state index in [0.717, 1.165) is 30.6 Å². The zero-order valence-corrected chi connectivity index (χ0v) is 14.3. The smallest absolute Gasteiger partial charge is 0.222 e. The summed E-state index contributed by atoms with van der Waals surface area (Å²) in [4.78, 5) is 13.5. The molecule has 1 saturated heterocycles. The van der Waals surface area contributed by atoms with Gasteiger partial charge in [0.05, 0.1) is 11.7 Å². The number of carbonyl (C=O) groups excluding carboxylic acids is 1. The first kappa shape index (κ1) is 17.7. The maximum atomic E-state index is 11.7. The van der Waals surface area contributed by atoms with Crippen LogP contribution < -0.4 is 15.4 Å². The maximum absolute atomic E-state index is 11.7. The number of carbonyl (C=O) groups is 1. The number of amides is 1. The minimum atomic E-state index is -3.19. The van der Waals surface area contributed by atoms with E-state index >= 15 is 0 Å². The second kappa shape index (κ2) is 7.79. The number of nitrogens with one attached hydrogen (secondary N) is 1. The summed E-state index contributed by atoms with van der Waals surface area (Å²) in [7, 11) is -3.19. The topological polar surface area (TPSA) is 92.5 Å². The molecular weight excluding hydrogens is 314 g/mol. The van der Waals surface area contributed by atoms with Crippen molar-refractivity contribution in [3.05, 3.63) is 29.8 Å². The molecule has 128 valence electrons. The van der Waals surface area contributed by atoms with Crippen LogP contribution in [0.15, 0.2) is 24.3 Å². The van der Waals surface area contributed by atoms with Gasteiger partial charge in [0, 0.05) is 25.3 Å². The Kier molecular flexibility index (Phi) is 6.01. The third kappa shape index (κ3) is 5.21. The summed E-state index contributed by atoms with van der Waals surface area (Å²) in [5.74, 6) is -0.186. The lowest BCUT2D eigenvalue weighted by molar-refractivity contribution is -0.122. The average Bonchev–Trinajstić information content (AvgIpc) is 2.53. The Morgan fingerprint density at radius 2 is 2.04 bits per heavy atom. The minimum absolute atomic E-state index is 0.0933. The highest BCUT2D eigenvalue weighted by molar-refractivity contribution is 7.89. The Morgan fingerprint density at radius 1 is 1.35 bits per heavy atom. The van der Waals surface area contributed by atoms with Gasteiger partial charge in [-0.05, 0) is 37.0 Å². The number of anilines is 1. The highest BCUT2D eigenvalue weighted by atomic mass is 32.2. The number of hydrogen-bond acceptors (Lipinski definition) is 4. The molecule has 0 saturated carbocycles. The van der Waals surface area contributed by atoms with Crippen molar-refractivity contribution in [2.24, 2.45) is 11.7 Å². The number of nitrogens with zero attached hydrogens (tertiary/aromatic N) is 1. The van der Waals surface area contributed by atoms with Gasteiger partial charge in [0.25, 0.3) is 0 Å². The summed E-state index contributed by atoms with van der Waals surface area (Å²) in [6.45, 7) is 3.70. The molecule has 3 N–H and O–H groups in total. The second-order valence-corrected chi connectivity index (χ2v) is 7.92. The molecule has 23 heavy (non-hydrogen) atoms. The van der Waals surface area contributed by atoms with Crippen LogP contribution in [0.5, 0.6) is 0 Å². The normalized spacial score (nSPS) is 18.8. The first-order valence-corrected chi connectivity index (χ1v) is 9.67. The van der Waals surface area contributed by atoms with Gasteiger partial charge in [0.15, 0.2) is 0 Å². The van der Waals surface area contributed by atoms with Crippen molar-refractivity contribution in [3.8, 4) is 0 Å². The summed E-state index contributed by atoms with van der Waals surface area (Å²) in [5, 5.41) is 0. The lowest BCUT2D eigenvalue weighted by Gasteiger charge is -2.33. The molecular formula is C16H25N3O3S. The van der Waals surface area contributed by atoms with E-state index in [-0.39, 0.29) is 17.6 Å². The predicted molar refractivity (Wildman–Crippen MR) is 91.5 cm³/mol. The summed E-state index contributed by atoms with van der Waals surface area (Å²) in [6.07, 6.45) is 2.40. The molecule has 1 aliphatic heterocycles. The van der Waals surface area contributed by atoms with Crippen LogP contribution in [0.2, 0.25) is 0 Å². The summed E-state index contributed by atoms with van der Waals surface area (Å²) in [6, 6.07) is 7.76. The molecule has 1 amide bonds. The van der Waals surface area contributed by atoms with Crippen LogP contribution in [-0.2, 0) is 21.4 Å². The number of piperidine rings is 1. The number of primary amides is 1. The van der Waals surface area contributed by atoms with Gasteiger partial charge in [0.2, 0.25) is 15.9 Å². The van der Waals surface area contributed by atoms with Crippen molar-refractivity contribution in [1.82, 2.24) is 4.72 Å². The first-order chi connectivity index (χ1) is 10.9. The van der Waals surface area contributed by atoms with Crippen molar-refractivity contribution in [2.75, 3.05) is 23.7 Å². The van der Waals surface area contributed by atoms with Gasteiger partial charge in [-0.2, -0.15) is 0 Å². The van der Waals surface area contributed by atoms with Gasteiger partial charge in [-0.1, -0.05) is 19.1 Å². The summed E-state index contributed by atoms with van der Waals surface area (Å²) >= 11 is 0. The summed E-state index contributed by atoms with van der Waals surface area (Å²) in [5.41, 5.74) is 7.36. The number of rotatable bonds is 7. The number of nitrogens with two attached hydrogens (primary N) is 1. The largest absolute Gasteiger partial charge is 0.371 e. The molecule has 0 aromatic heterocycles. The highest BCUT2D eigenvalue weighted by Gasteiger charge is 2.24. The van der Waals surface area contributed by atoms with E-state index in [4.69, 9.17) is 5.73 Å². The second-order valence-electron chi connectivity index (χ2n) is 5.99. The number of benzene rings is 1. The van der Waals surface area contributed by atoms with Crippen molar-refractivity contribution >= 4 is 21.6 Å². The average molecular weight is 339 g/mol. The molecule has 0 radical (unpaired) electrons. The maximum Gasteiger partial charge on any atom is 0.222 e. The van der Waals surface area contributed by atoms with E-state index < -0.39 is 10.0 Å². The zero-order chi connectivity index (χ0) is 16.9. The van der Waals surface area contributed by atoms with Crippen LogP contribution in [0.1, 0.15) is 31.7 Å². The molecule has 0 spiro atoms. The fourth-order valence-electron chi connectivity index (χ4n) is 2.80. The third-order valence-electron chi connectivity index (χ3n) is 4.09. The molecule has 2 rings (SSSR count). The Labute approximate surface area is 138 Å². The molecule has 1 fully saturated rings. The van der Waals surface area contributed by atoms with Crippen LogP contribution in [0.25, 0.3) is 0 Å². The molecule has 0 aliphatic carbocycles. The lowest BCUT2D eigenvalue weighted by Crippen LogP contribution is -2.41. The fraction of sp³-hybridized carbons (Fsp3) is 0.562. The monoisotopic (exact) mass is 339 g/mol. The number of sulfonamides is 1. The Balaban J connectivity index is 1.95. The first-order valence-electron chi connectivity index (χ1n) is 8.02. The third-order valence-corrected chi connectivity index (χ3v) is 5.62. The molecule has 0 unspecified atom stereocenters. The van der Waals surface area contributed by atoms with Gasteiger partial charge in [0.1, 0.15) is 0 Å². The highest BCUT2D eigenvalue weighted by Crippen LogP contribution is 2.23. The van der Waals surface area contributed by atoms with E-state index in [2.05, 4.69) is 9.62 Å². The fourth-order valence-corrected chi connectivity index (χ4v) is 3.87. The molecule has 1 aromatic carbocycles. The molecule has 1 aliphatic rings. The van der Waals surface area contributed by atoms with Gasteiger partial charge >= 0.3 is 0 Å². The minimum Gasteiger partial charge on any atom is -0.371 e. The zero-order valence-electron chi connectivity index (χ0n) is 13.5. The molecule has 1 atom stereocenters. The molecule has 6 nitrogen and oxygen atoms in total. The lowest BCUT2D eigenvalue weighted by atomic mass is 9.97. The molecule has 1 heterocycles. The molecule has 1 aromatic rings. The van der Waals surface area contributed by atoms with Crippen molar-refractivity contribution in [3.63, 3.8) is 0 Å². The Morgan fingerprint density at radius 3 is 2.65 bits per heavy atom. The Bertz CT molecular complexity index is 628. The van der Waals surface area contributed by atoms with Crippen LogP contribution in [-0.4, -0.2) is 33.2 Å². The van der Waals surface area contributed by atoms with E-state index in [1.165, 1.54) is 0 Å². The van der Waals surface area contributed by atoms with E-state index in [1.807, 2.05) is 31.2 Å². The number of hydrogen-bond donors (Lipinski definition) is 2. The van der Waals surface area contributed by atoms with E-state index in [1.54, 1.807) is 0 Å². The van der Waals surface area contributed by atoms with Gasteiger partial charge in [-0.15, -0.1) is 0 Å². The molecule has 7 heteroatoms. The van der Waals surface area contributed by atoms with Gasteiger partial charge < -0.3 is 10.6 Å². The van der Waals surface area contributed by atoms with Crippen molar-refractivity contribution in [1.29, 1.82) is 0 Å². The van der Waals surface area contributed by atoms with E-state index in [9.17, 15) is 13.2 Å². The molecule has 0 bridgehead atoms. The Hall–Kier alpha value is -1.60. The predicted octanol–water partition coefficient (Wildman–Crippen LogP) is 1.22. The quantitative estimate of drug-likeness (QED) is 0.781. The van der Waals surface area contributed by atoms with Crippen LogP contribution in [0.3, 0.4) is 0 Å². The van der Waals surface area contributed by atoms with Crippen LogP contribution in [0, 0.1) is 5.92 Å². The van der Waals surface area contributed by atoms with Gasteiger partial charge in [-0.25, -0.2) is 13.1 Å². The summed E-state index contributed by atoms with van der Waals surface area (Å²) < 4.78 is 25.9. The van der Waals surface area contributed by atoms with E-state index in [0.29, 0.717) is 19.5 Å².